The minimum Gasteiger partial charge on any atom is -0.352 e. The quantitative estimate of drug-likeness (QED) is 0.850. The van der Waals surface area contributed by atoms with Crippen molar-refractivity contribution >= 4 is 27.7 Å². The molecule has 5 nitrogen and oxygen atoms in total. The summed E-state index contributed by atoms with van der Waals surface area (Å²) in [4.78, 5) is 29.0. The van der Waals surface area contributed by atoms with Crippen LogP contribution < -0.4 is 5.32 Å². The Balaban J connectivity index is 1.93. The maximum atomic E-state index is 12.0. The molecule has 1 aromatic rings. The summed E-state index contributed by atoms with van der Waals surface area (Å²) >= 11 is 3.21. The summed E-state index contributed by atoms with van der Waals surface area (Å²) in [5.74, 6) is -0.300. The van der Waals surface area contributed by atoms with Crippen molar-refractivity contribution in [3.63, 3.8) is 0 Å². The monoisotopic (exact) mass is 311 g/mol. The van der Waals surface area contributed by atoms with Gasteiger partial charge in [0.15, 0.2) is 0 Å². The van der Waals surface area contributed by atoms with Crippen molar-refractivity contribution in [1.82, 2.24) is 15.2 Å². The molecule has 1 aliphatic rings. The Hall–Kier alpha value is -1.43. The van der Waals surface area contributed by atoms with Crippen LogP contribution in [0.3, 0.4) is 0 Å². The molecule has 1 aliphatic carbocycles. The van der Waals surface area contributed by atoms with Gasteiger partial charge in [-0.2, -0.15) is 0 Å². The fraction of sp³-hybridized carbons (Fsp3) is 0.417. The topological polar surface area (TPSA) is 62.3 Å². The van der Waals surface area contributed by atoms with Gasteiger partial charge >= 0.3 is 0 Å². The maximum Gasteiger partial charge on any atom is 0.254 e. The molecule has 1 fully saturated rings. The molecule has 0 unspecified atom stereocenters. The average molecular weight is 312 g/mol. The summed E-state index contributed by atoms with van der Waals surface area (Å²) < 4.78 is 0.601. The van der Waals surface area contributed by atoms with Crippen LogP contribution in [0.5, 0.6) is 0 Å². The van der Waals surface area contributed by atoms with Gasteiger partial charge in [0.1, 0.15) is 4.60 Å². The van der Waals surface area contributed by atoms with Crippen LogP contribution >= 0.6 is 15.9 Å². The Labute approximate surface area is 114 Å². The van der Waals surface area contributed by atoms with Gasteiger partial charge < -0.3 is 10.2 Å². The normalized spacial score (nSPS) is 14.1. The van der Waals surface area contributed by atoms with Crippen LogP contribution in [0.1, 0.15) is 23.2 Å². The third-order valence-corrected chi connectivity index (χ3v) is 3.08. The number of hydrogen-bond donors (Lipinski definition) is 1. The minimum atomic E-state index is -0.191. The molecule has 1 N–H and O–H groups in total. The van der Waals surface area contributed by atoms with Crippen molar-refractivity contribution in [2.24, 2.45) is 0 Å². The summed E-state index contributed by atoms with van der Waals surface area (Å²) in [7, 11) is 1.61. The van der Waals surface area contributed by atoms with Gasteiger partial charge in [-0.3, -0.25) is 9.59 Å². The van der Waals surface area contributed by atoms with Gasteiger partial charge in [0.05, 0.1) is 6.54 Å². The second-order valence-corrected chi connectivity index (χ2v) is 5.18. The zero-order valence-corrected chi connectivity index (χ0v) is 11.6. The lowest BCUT2D eigenvalue weighted by atomic mass is 10.2. The van der Waals surface area contributed by atoms with Gasteiger partial charge in [-0.1, -0.05) is 0 Å². The fourth-order valence-electron chi connectivity index (χ4n) is 1.54. The zero-order chi connectivity index (χ0) is 13.1. The fourth-order valence-corrected chi connectivity index (χ4v) is 1.91. The lowest BCUT2D eigenvalue weighted by molar-refractivity contribution is -0.121. The van der Waals surface area contributed by atoms with Crippen LogP contribution in [0.25, 0.3) is 0 Å². The van der Waals surface area contributed by atoms with Crippen LogP contribution in [0.15, 0.2) is 22.9 Å². The summed E-state index contributed by atoms with van der Waals surface area (Å²) in [5.41, 5.74) is 0.513. The number of hydrogen-bond acceptors (Lipinski definition) is 3. The van der Waals surface area contributed by atoms with E-state index in [4.69, 9.17) is 0 Å². The number of carbonyl (C=O) groups is 2. The number of amides is 2. The van der Waals surface area contributed by atoms with Crippen molar-refractivity contribution < 1.29 is 9.59 Å². The first kappa shape index (κ1) is 13.0. The van der Waals surface area contributed by atoms with Crippen molar-refractivity contribution in [2.75, 3.05) is 13.6 Å². The zero-order valence-electron chi connectivity index (χ0n) is 10.0. The van der Waals surface area contributed by atoms with Crippen LogP contribution in [-0.4, -0.2) is 41.3 Å². The Morgan fingerprint density at radius 3 is 2.89 bits per heavy atom. The molecule has 96 valence electrons. The van der Waals surface area contributed by atoms with E-state index >= 15 is 0 Å². The maximum absolute atomic E-state index is 12.0. The minimum absolute atomic E-state index is 0.0786. The highest BCUT2D eigenvalue weighted by molar-refractivity contribution is 9.10. The van der Waals surface area contributed by atoms with E-state index in [1.165, 1.54) is 4.90 Å². The molecule has 1 saturated carbocycles. The van der Waals surface area contributed by atoms with Crippen LogP contribution in [0, 0.1) is 0 Å². The molecule has 2 rings (SSSR count). The van der Waals surface area contributed by atoms with Gasteiger partial charge in [0, 0.05) is 24.8 Å². The second-order valence-electron chi connectivity index (χ2n) is 4.37. The molecule has 0 bridgehead atoms. The molecule has 2 amide bonds. The smallest absolute Gasteiger partial charge is 0.254 e. The predicted molar refractivity (Wildman–Crippen MR) is 70.1 cm³/mol. The van der Waals surface area contributed by atoms with E-state index in [-0.39, 0.29) is 18.4 Å². The molecule has 0 atom stereocenters. The summed E-state index contributed by atoms with van der Waals surface area (Å²) in [5, 5.41) is 2.85. The van der Waals surface area contributed by atoms with Gasteiger partial charge in [0.25, 0.3) is 5.91 Å². The highest BCUT2D eigenvalue weighted by atomic mass is 79.9. The largest absolute Gasteiger partial charge is 0.352 e. The van der Waals surface area contributed by atoms with Crippen molar-refractivity contribution in [2.45, 2.75) is 18.9 Å². The van der Waals surface area contributed by atoms with E-state index in [2.05, 4.69) is 26.2 Å². The van der Waals surface area contributed by atoms with E-state index in [0.717, 1.165) is 12.8 Å². The lowest BCUT2D eigenvalue weighted by Gasteiger charge is -2.16. The van der Waals surface area contributed by atoms with Crippen molar-refractivity contribution in [1.29, 1.82) is 0 Å². The molecule has 0 aromatic carbocycles. The Bertz CT molecular complexity index is 474. The number of carbonyl (C=O) groups excluding carboxylic acids is 2. The van der Waals surface area contributed by atoms with E-state index in [9.17, 15) is 9.59 Å². The third kappa shape index (κ3) is 3.53. The van der Waals surface area contributed by atoms with Crippen LogP contribution in [-0.2, 0) is 4.79 Å². The highest BCUT2D eigenvalue weighted by Gasteiger charge is 2.24. The number of halogens is 1. The molecular weight excluding hydrogens is 298 g/mol. The standard InChI is InChI=1S/C12H14BrN3O2/c1-16(7-11(17)15-9-2-3-9)12(18)8-4-5-14-10(13)6-8/h4-6,9H,2-3,7H2,1H3,(H,15,17). The first-order valence-corrected chi connectivity index (χ1v) is 6.52. The number of nitrogens with one attached hydrogen (secondary N) is 1. The Morgan fingerprint density at radius 2 is 2.28 bits per heavy atom. The molecule has 0 radical (unpaired) electrons. The number of nitrogens with zero attached hydrogens (tertiary/aromatic N) is 2. The van der Waals surface area contributed by atoms with Crippen molar-refractivity contribution in [3.8, 4) is 0 Å². The third-order valence-electron chi connectivity index (χ3n) is 2.64. The molecule has 0 spiro atoms. The summed E-state index contributed by atoms with van der Waals surface area (Å²) in [6.45, 7) is 0.0786. The van der Waals surface area contributed by atoms with Gasteiger partial charge in [-0.05, 0) is 40.9 Å². The van der Waals surface area contributed by atoms with E-state index in [1.54, 1.807) is 25.4 Å². The predicted octanol–water partition coefficient (Wildman–Crippen LogP) is 1.19. The Kier molecular flexibility index (Phi) is 3.96. The van der Waals surface area contributed by atoms with Gasteiger partial charge in [-0.25, -0.2) is 4.98 Å². The lowest BCUT2D eigenvalue weighted by Crippen LogP contribution is -2.39. The van der Waals surface area contributed by atoms with Gasteiger partial charge in [0.2, 0.25) is 5.91 Å². The number of pyridine rings is 1. The molecular formula is C12H14BrN3O2. The Morgan fingerprint density at radius 1 is 1.56 bits per heavy atom. The van der Waals surface area contributed by atoms with Crippen molar-refractivity contribution in [3.05, 3.63) is 28.5 Å². The van der Waals surface area contributed by atoms with E-state index in [1.807, 2.05) is 0 Å². The second kappa shape index (κ2) is 5.48. The number of aromatic nitrogens is 1. The molecule has 1 heterocycles. The summed E-state index contributed by atoms with van der Waals surface area (Å²) in [6, 6.07) is 3.58. The first-order valence-electron chi connectivity index (χ1n) is 5.72. The number of likely N-dealkylation sites (N-methyl/N-ethyl adjacent to an activating group) is 1. The summed E-state index contributed by atoms with van der Waals surface area (Å²) in [6.07, 6.45) is 3.64. The molecule has 0 saturated heterocycles. The van der Waals surface area contributed by atoms with Crippen LogP contribution in [0.2, 0.25) is 0 Å². The number of rotatable bonds is 4. The molecule has 6 heteroatoms. The first-order chi connectivity index (χ1) is 8.56. The highest BCUT2D eigenvalue weighted by Crippen LogP contribution is 2.18. The molecule has 0 aliphatic heterocycles. The average Bonchev–Trinajstić information content (AvgIpc) is 3.11. The van der Waals surface area contributed by atoms with Crippen LogP contribution in [0.4, 0.5) is 0 Å². The van der Waals surface area contributed by atoms with E-state index < -0.39 is 0 Å². The van der Waals surface area contributed by atoms with E-state index in [0.29, 0.717) is 16.2 Å². The molecule has 1 aromatic heterocycles. The van der Waals surface area contributed by atoms with Gasteiger partial charge in [-0.15, -0.1) is 0 Å². The SMILES string of the molecule is CN(CC(=O)NC1CC1)C(=O)c1ccnc(Br)c1. The molecule has 18 heavy (non-hydrogen) atoms.